The minimum atomic E-state index is -0.963. The van der Waals surface area contributed by atoms with Gasteiger partial charge in [0.15, 0.2) is 5.60 Å². The van der Waals surface area contributed by atoms with Crippen LogP contribution >= 0.6 is 0 Å². The molecule has 1 saturated carbocycles. The molecule has 1 N–H and O–H groups in total. The number of hydrogen-bond acceptors (Lipinski definition) is 3. The summed E-state index contributed by atoms with van der Waals surface area (Å²) in [6.45, 7) is 2.98. The van der Waals surface area contributed by atoms with E-state index in [0.29, 0.717) is 19.7 Å². The average Bonchev–Trinajstić information content (AvgIpc) is 3.36. The molecule has 2 amide bonds. The minimum absolute atomic E-state index is 0.122. The number of carbonyl (C=O) groups is 2. The molecule has 5 heteroatoms. The van der Waals surface area contributed by atoms with Gasteiger partial charge in [-0.3, -0.25) is 9.59 Å². The van der Waals surface area contributed by atoms with E-state index in [1.54, 1.807) is 18.9 Å². The molecule has 1 aliphatic heterocycles. The van der Waals surface area contributed by atoms with E-state index in [9.17, 15) is 9.59 Å². The molecule has 118 valence electrons. The smallest absolute Gasteiger partial charge is 0.253 e. The molecular formula is C17H22N2O3. The molecule has 22 heavy (non-hydrogen) atoms. The van der Waals surface area contributed by atoms with Crippen molar-refractivity contribution in [2.45, 2.75) is 30.8 Å². The van der Waals surface area contributed by atoms with E-state index in [-0.39, 0.29) is 17.2 Å². The number of nitrogens with zero attached hydrogens (tertiary/aromatic N) is 1. The molecule has 3 rings (SSSR count). The first-order valence-electron chi connectivity index (χ1n) is 7.73. The van der Waals surface area contributed by atoms with E-state index >= 15 is 0 Å². The van der Waals surface area contributed by atoms with Gasteiger partial charge in [0, 0.05) is 13.6 Å². The lowest BCUT2D eigenvalue weighted by molar-refractivity contribution is -0.163. The molecular weight excluding hydrogens is 280 g/mol. The van der Waals surface area contributed by atoms with Gasteiger partial charge in [-0.2, -0.15) is 0 Å². The fraction of sp³-hybridized carbons (Fsp3) is 0.529. The molecule has 1 unspecified atom stereocenters. The Morgan fingerprint density at radius 2 is 1.91 bits per heavy atom. The van der Waals surface area contributed by atoms with Crippen LogP contribution in [0.3, 0.4) is 0 Å². The highest BCUT2D eigenvalue weighted by molar-refractivity contribution is 5.92. The largest absolute Gasteiger partial charge is 0.362 e. The van der Waals surface area contributed by atoms with Crippen LogP contribution in [0.4, 0.5) is 0 Å². The summed E-state index contributed by atoms with van der Waals surface area (Å²) in [5.74, 6) is -0.0633. The van der Waals surface area contributed by atoms with Crippen LogP contribution in [-0.2, 0) is 19.7 Å². The number of amides is 2. The fourth-order valence-corrected chi connectivity index (χ4v) is 3.26. The Balaban J connectivity index is 1.80. The van der Waals surface area contributed by atoms with Gasteiger partial charge in [-0.25, -0.2) is 0 Å². The Hall–Kier alpha value is -1.88. The van der Waals surface area contributed by atoms with Crippen LogP contribution in [0.5, 0.6) is 0 Å². The highest BCUT2D eigenvalue weighted by Gasteiger charge is 2.54. The molecule has 0 spiro atoms. The Morgan fingerprint density at radius 3 is 2.50 bits per heavy atom. The highest BCUT2D eigenvalue weighted by Crippen LogP contribution is 2.49. The molecule has 1 saturated heterocycles. The summed E-state index contributed by atoms with van der Waals surface area (Å²) in [5, 5.41) is 2.62. The van der Waals surface area contributed by atoms with E-state index in [1.165, 1.54) is 0 Å². The second-order valence-electron chi connectivity index (χ2n) is 6.33. The summed E-state index contributed by atoms with van der Waals surface area (Å²) in [4.78, 5) is 26.8. The van der Waals surface area contributed by atoms with Crippen molar-refractivity contribution >= 4 is 11.8 Å². The van der Waals surface area contributed by atoms with Gasteiger partial charge in [-0.05, 0) is 25.3 Å². The minimum Gasteiger partial charge on any atom is -0.362 e. The van der Waals surface area contributed by atoms with Crippen molar-refractivity contribution in [1.82, 2.24) is 10.2 Å². The van der Waals surface area contributed by atoms with Crippen molar-refractivity contribution in [2.24, 2.45) is 0 Å². The summed E-state index contributed by atoms with van der Waals surface area (Å²) in [6, 6.07) is 9.93. The Morgan fingerprint density at radius 1 is 1.23 bits per heavy atom. The average molecular weight is 302 g/mol. The Kier molecular flexibility index (Phi) is 3.68. The van der Waals surface area contributed by atoms with Crippen LogP contribution in [0.1, 0.15) is 25.3 Å². The SMILES string of the molecule is CNC(=O)C1(C)CN(C(=O)C2(c3ccccc3)CC2)CCO1. The van der Waals surface area contributed by atoms with Crippen molar-refractivity contribution in [3.63, 3.8) is 0 Å². The monoisotopic (exact) mass is 302 g/mol. The maximum absolute atomic E-state index is 13.0. The van der Waals surface area contributed by atoms with E-state index in [0.717, 1.165) is 18.4 Å². The number of rotatable bonds is 3. The molecule has 5 nitrogen and oxygen atoms in total. The standard InChI is InChI=1S/C17H22N2O3/c1-16(14(20)18-2)12-19(10-11-22-16)15(21)17(8-9-17)13-6-4-3-5-7-13/h3-7H,8-12H2,1-2H3,(H,18,20). The third-order valence-electron chi connectivity index (χ3n) is 4.75. The van der Waals surface area contributed by atoms with Gasteiger partial charge >= 0.3 is 0 Å². The molecule has 2 aliphatic rings. The summed E-state index contributed by atoms with van der Waals surface area (Å²) in [7, 11) is 1.59. The normalized spacial score (nSPS) is 26.4. The van der Waals surface area contributed by atoms with E-state index in [1.807, 2.05) is 30.3 Å². The zero-order chi connectivity index (χ0) is 15.8. The van der Waals surface area contributed by atoms with Crippen LogP contribution < -0.4 is 5.32 Å². The predicted molar refractivity (Wildman–Crippen MR) is 82.4 cm³/mol. The van der Waals surface area contributed by atoms with Crippen LogP contribution in [0.2, 0.25) is 0 Å². The molecule has 0 aromatic heterocycles. The number of nitrogens with one attached hydrogen (secondary N) is 1. The third kappa shape index (κ3) is 2.39. The summed E-state index contributed by atoms with van der Waals surface area (Å²) >= 11 is 0. The lowest BCUT2D eigenvalue weighted by Gasteiger charge is -2.40. The topological polar surface area (TPSA) is 58.6 Å². The molecule has 0 bridgehead atoms. The van der Waals surface area contributed by atoms with Gasteiger partial charge in [0.1, 0.15) is 0 Å². The number of benzene rings is 1. The highest BCUT2D eigenvalue weighted by atomic mass is 16.5. The molecule has 0 radical (unpaired) electrons. The van der Waals surface area contributed by atoms with Crippen LogP contribution in [0.25, 0.3) is 0 Å². The van der Waals surface area contributed by atoms with Crippen LogP contribution in [-0.4, -0.2) is 49.1 Å². The first-order chi connectivity index (χ1) is 10.5. The maximum Gasteiger partial charge on any atom is 0.253 e. The molecule has 1 aromatic carbocycles. The van der Waals surface area contributed by atoms with Crippen molar-refractivity contribution in [2.75, 3.05) is 26.7 Å². The number of hydrogen-bond donors (Lipinski definition) is 1. The number of ether oxygens (including phenoxy) is 1. The molecule has 1 heterocycles. The first-order valence-corrected chi connectivity index (χ1v) is 7.73. The summed E-state index contributed by atoms with van der Waals surface area (Å²) in [6.07, 6.45) is 1.76. The lowest BCUT2D eigenvalue weighted by Crippen LogP contribution is -2.60. The van der Waals surface area contributed by atoms with E-state index in [2.05, 4.69) is 5.32 Å². The lowest BCUT2D eigenvalue weighted by atomic mass is 9.93. The fourth-order valence-electron chi connectivity index (χ4n) is 3.26. The number of morpholine rings is 1. The van der Waals surface area contributed by atoms with Gasteiger partial charge in [0.2, 0.25) is 5.91 Å². The van der Waals surface area contributed by atoms with Gasteiger partial charge < -0.3 is 15.0 Å². The predicted octanol–water partition coefficient (Wildman–Crippen LogP) is 1.08. The van der Waals surface area contributed by atoms with Crippen molar-refractivity contribution in [1.29, 1.82) is 0 Å². The molecule has 1 aromatic rings. The van der Waals surface area contributed by atoms with E-state index in [4.69, 9.17) is 4.74 Å². The zero-order valence-corrected chi connectivity index (χ0v) is 13.1. The second-order valence-corrected chi connectivity index (χ2v) is 6.33. The maximum atomic E-state index is 13.0. The number of carbonyl (C=O) groups excluding carboxylic acids is 2. The molecule has 2 fully saturated rings. The second kappa shape index (κ2) is 5.39. The van der Waals surface area contributed by atoms with Gasteiger partial charge in [-0.1, -0.05) is 30.3 Å². The summed E-state index contributed by atoms with van der Waals surface area (Å²) in [5.41, 5.74) is -0.273. The number of likely N-dealkylation sites (N-methyl/N-ethyl adjacent to an activating group) is 1. The van der Waals surface area contributed by atoms with Crippen LogP contribution in [0, 0.1) is 0 Å². The van der Waals surface area contributed by atoms with Crippen molar-refractivity contribution < 1.29 is 14.3 Å². The Labute approximate surface area is 130 Å². The van der Waals surface area contributed by atoms with E-state index < -0.39 is 5.60 Å². The summed E-state index contributed by atoms with van der Waals surface area (Å²) < 4.78 is 5.63. The first kappa shape index (κ1) is 15.0. The van der Waals surface area contributed by atoms with Crippen molar-refractivity contribution in [3.05, 3.63) is 35.9 Å². The molecule has 1 aliphatic carbocycles. The Bertz CT molecular complexity index is 583. The zero-order valence-electron chi connectivity index (χ0n) is 13.1. The quantitative estimate of drug-likeness (QED) is 0.909. The van der Waals surface area contributed by atoms with Gasteiger partial charge in [0.05, 0.1) is 18.6 Å². The molecule has 1 atom stereocenters. The third-order valence-corrected chi connectivity index (χ3v) is 4.75. The van der Waals surface area contributed by atoms with Gasteiger partial charge in [0.25, 0.3) is 5.91 Å². The van der Waals surface area contributed by atoms with Gasteiger partial charge in [-0.15, -0.1) is 0 Å². The van der Waals surface area contributed by atoms with Crippen LogP contribution in [0.15, 0.2) is 30.3 Å². The van der Waals surface area contributed by atoms with Crippen molar-refractivity contribution in [3.8, 4) is 0 Å².